The van der Waals surface area contributed by atoms with E-state index in [4.69, 9.17) is 26.0 Å². The quantitative estimate of drug-likeness (QED) is 0.0556. The highest BCUT2D eigenvalue weighted by Gasteiger charge is 2.72. The van der Waals surface area contributed by atoms with Crippen LogP contribution in [0.5, 0.6) is 0 Å². The number of methoxy groups -OCH3 is 1. The van der Waals surface area contributed by atoms with Crippen molar-refractivity contribution in [1.29, 1.82) is 0 Å². The summed E-state index contributed by atoms with van der Waals surface area (Å²) in [6.45, 7) is 2.77. The zero-order valence-corrected chi connectivity index (χ0v) is 23.8. The molecule has 2 fully saturated rings. The molecule has 0 bridgehead atoms. The van der Waals surface area contributed by atoms with Gasteiger partial charge >= 0.3 is 12.1 Å². The van der Waals surface area contributed by atoms with Crippen molar-refractivity contribution in [2.45, 2.75) is 43.6 Å². The molecule has 0 spiro atoms. The van der Waals surface area contributed by atoms with Crippen LogP contribution in [0, 0.1) is 5.92 Å². The molecule has 4 rings (SSSR count). The molecule has 1 aliphatic carbocycles. The summed E-state index contributed by atoms with van der Waals surface area (Å²) in [4.78, 5) is 63.0. The van der Waals surface area contributed by atoms with E-state index in [-0.39, 0.29) is 60.3 Å². The fourth-order valence-corrected chi connectivity index (χ4v) is 7.38. The summed E-state index contributed by atoms with van der Waals surface area (Å²) in [6.07, 6.45) is -0.850. The molecule has 0 saturated carbocycles. The molecule has 40 heavy (non-hydrogen) atoms. The number of primary amides is 1. The van der Waals surface area contributed by atoms with E-state index >= 15 is 0 Å². The number of nitrogens with two attached hydrogens (primary N) is 2. The maximum absolute atomic E-state index is 13.7. The van der Waals surface area contributed by atoms with Crippen LogP contribution in [0.2, 0.25) is 0 Å². The first-order chi connectivity index (χ1) is 19.0. The predicted octanol–water partition coefficient (Wildman–Crippen LogP) is -1.33. The third-order valence-corrected chi connectivity index (χ3v) is 9.91. The molecule has 0 aromatic rings. The van der Waals surface area contributed by atoms with Gasteiger partial charge in [-0.15, -0.1) is 0 Å². The minimum atomic E-state index is -1.14. The van der Waals surface area contributed by atoms with Gasteiger partial charge < -0.3 is 46.9 Å². The number of rotatable bonds is 15. The number of nitrogens with one attached hydrogen (secondary N) is 3. The van der Waals surface area contributed by atoms with Gasteiger partial charge in [-0.25, -0.2) is 4.79 Å². The monoisotopic (exact) mass is 598 g/mol. The lowest BCUT2D eigenvalue weighted by atomic mass is 9.82. The Morgan fingerprint density at radius 1 is 1.23 bits per heavy atom. The predicted molar refractivity (Wildman–Crippen MR) is 147 cm³/mol. The number of nitrogens with zero attached hydrogens (tertiary/aromatic N) is 1. The summed E-state index contributed by atoms with van der Waals surface area (Å²) in [5, 5.41) is 17.9. The first-order valence-electron chi connectivity index (χ1n) is 12.8. The second kappa shape index (κ2) is 12.4. The topological polar surface area (TPSA) is 225 Å². The molecule has 14 nitrogen and oxygen atoms in total. The molecule has 16 heteroatoms. The lowest BCUT2D eigenvalue weighted by Gasteiger charge is -2.39. The smallest absolute Gasteiger partial charge is 0.404 e. The minimum Gasteiger partial charge on any atom is -0.480 e. The molecule has 0 radical (unpaired) electrons. The molecule has 2 saturated heterocycles. The number of hydrogen-bond donors (Lipinski definition) is 6. The van der Waals surface area contributed by atoms with Crippen LogP contribution in [0.25, 0.3) is 0 Å². The number of carbonyl (C=O) groups is 5. The van der Waals surface area contributed by atoms with Gasteiger partial charge in [-0.3, -0.25) is 19.2 Å². The molecule has 2 amide bonds. The maximum atomic E-state index is 13.7. The molecule has 5 atom stereocenters. The van der Waals surface area contributed by atoms with Crippen molar-refractivity contribution < 1.29 is 38.6 Å². The van der Waals surface area contributed by atoms with E-state index in [2.05, 4.69) is 16.0 Å². The molecular weight excluding hydrogens is 564 g/mol. The number of ether oxygens (including phenoxy) is 2. The summed E-state index contributed by atoms with van der Waals surface area (Å²) in [7, 11) is 4.59. The zero-order chi connectivity index (χ0) is 29.2. The van der Waals surface area contributed by atoms with Crippen LogP contribution in [0.4, 0.5) is 4.79 Å². The van der Waals surface area contributed by atoms with E-state index in [1.165, 1.54) is 28.7 Å². The Balaban J connectivity index is 1.28. The lowest BCUT2D eigenvalue weighted by Crippen LogP contribution is -2.55. The van der Waals surface area contributed by atoms with E-state index in [0.29, 0.717) is 42.4 Å². The molecule has 3 heterocycles. The molecule has 8 N–H and O–H groups in total. The van der Waals surface area contributed by atoms with Crippen molar-refractivity contribution in [2.24, 2.45) is 17.4 Å². The van der Waals surface area contributed by atoms with E-state index in [1.807, 2.05) is 4.90 Å². The van der Waals surface area contributed by atoms with Gasteiger partial charge in [0.15, 0.2) is 5.72 Å². The van der Waals surface area contributed by atoms with E-state index < -0.39 is 29.7 Å². The summed E-state index contributed by atoms with van der Waals surface area (Å²) in [5.41, 5.74) is 10.7. The van der Waals surface area contributed by atoms with E-state index in [1.54, 1.807) is 6.92 Å². The Hall–Kier alpha value is -2.79. The molecule has 0 unspecified atom stereocenters. The highest BCUT2D eigenvalue weighted by Crippen LogP contribution is 2.55. The Morgan fingerprint density at radius 3 is 2.58 bits per heavy atom. The average molecular weight is 599 g/mol. The Labute approximate surface area is 238 Å². The summed E-state index contributed by atoms with van der Waals surface area (Å²) < 4.78 is 11.1. The van der Waals surface area contributed by atoms with Crippen molar-refractivity contribution in [3.63, 3.8) is 0 Å². The summed E-state index contributed by atoms with van der Waals surface area (Å²) in [5.74, 6) is -1.42. The molecule has 0 aromatic carbocycles. The standard InChI is InChI=1S/C24H34N6O8S2/c1-11-17(28-6-8-40-39-7-5-27-15(31)4-3-13(25)22(34)35)20(33)16-12(10-38-23(26)36)24(37-2)21-14(29-21)9-30(24)18(16)19(11)32/h12-14,21,28-29H,3-10,25H2,1-2H3,(H2,26,36)(H,27,31)(H,34,35)/t12-,13+,14+,21+,24-/m1/s1. The first kappa shape index (κ1) is 30.2. The van der Waals surface area contributed by atoms with Gasteiger partial charge in [-0.1, -0.05) is 21.6 Å². The molecular formula is C24H34N6O8S2. The van der Waals surface area contributed by atoms with Crippen LogP contribution in [0.3, 0.4) is 0 Å². The number of aliphatic carboxylic acids is 1. The SMILES string of the molecule is CO[C@@]12[C@H](COC(N)=O)C3=C(C(=O)C(C)=C(NCCSSCCNC(=O)CC[C@H](N)C(=O)O)C3=O)N1C[C@@H]1N[C@@H]12. The van der Waals surface area contributed by atoms with Crippen molar-refractivity contribution >= 4 is 51.1 Å². The third-order valence-electron chi connectivity index (χ3n) is 7.51. The number of hydrogen-bond acceptors (Lipinski definition) is 13. The Kier molecular flexibility index (Phi) is 9.34. The molecule has 4 aliphatic rings. The number of allylic oxidation sites excluding steroid dienone is 2. The van der Waals surface area contributed by atoms with Gasteiger partial charge in [-0.05, 0) is 13.3 Å². The van der Waals surface area contributed by atoms with Crippen LogP contribution >= 0.6 is 21.6 Å². The van der Waals surface area contributed by atoms with Gasteiger partial charge in [-0.2, -0.15) is 0 Å². The van der Waals surface area contributed by atoms with E-state index in [9.17, 15) is 24.0 Å². The number of amides is 2. The normalized spacial score (nSPS) is 27.3. The first-order valence-corrected chi connectivity index (χ1v) is 15.3. The zero-order valence-electron chi connectivity index (χ0n) is 22.2. The fourth-order valence-electron chi connectivity index (χ4n) is 5.57. The molecule has 0 aromatic heterocycles. The van der Waals surface area contributed by atoms with Crippen molar-refractivity contribution in [1.82, 2.24) is 20.9 Å². The number of ketones is 2. The van der Waals surface area contributed by atoms with Crippen LogP contribution in [0.15, 0.2) is 22.5 Å². The number of piperazine rings is 1. The van der Waals surface area contributed by atoms with Crippen LogP contribution in [0.1, 0.15) is 19.8 Å². The third kappa shape index (κ3) is 5.68. The summed E-state index contributed by atoms with van der Waals surface area (Å²) in [6, 6.07) is -1.04. The fraction of sp³-hybridized carbons (Fsp3) is 0.625. The number of carboxylic acids is 1. The van der Waals surface area contributed by atoms with Crippen molar-refractivity contribution in [3.05, 3.63) is 22.5 Å². The van der Waals surface area contributed by atoms with Gasteiger partial charge in [0, 0.05) is 61.9 Å². The van der Waals surface area contributed by atoms with Crippen molar-refractivity contribution in [2.75, 3.05) is 44.9 Å². The number of fused-ring (bicyclic) bond motifs is 4. The number of carbonyl (C=O) groups excluding carboxylic acids is 4. The average Bonchev–Trinajstić information content (AvgIpc) is 3.53. The lowest BCUT2D eigenvalue weighted by molar-refractivity contribution is -0.138. The van der Waals surface area contributed by atoms with Gasteiger partial charge in [0.2, 0.25) is 17.5 Å². The number of carboxylic acid groups (broad SMARTS) is 1. The second-order valence-corrected chi connectivity index (χ2v) is 12.5. The van der Waals surface area contributed by atoms with Crippen LogP contribution in [-0.4, -0.2) is 108 Å². The Morgan fingerprint density at radius 2 is 1.93 bits per heavy atom. The minimum absolute atomic E-state index is 0.0467. The van der Waals surface area contributed by atoms with Gasteiger partial charge in [0.25, 0.3) is 0 Å². The molecule has 220 valence electrons. The van der Waals surface area contributed by atoms with Gasteiger partial charge in [0.05, 0.1) is 23.4 Å². The number of Topliss-reactive ketones (excluding diaryl/α,β-unsaturated/α-hetero) is 2. The second-order valence-electron chi connectivity index (χ2n) is 9.82. The summed E-state index contributed by atoms with van der Waals surface area (Å²) >= 11 is 0. The van der Waals surface area contributed by atoms with Crippen molar-refractivity contribution in [3.8, 4) is 0 Å². The maximum Gasteiger partial charge on any atom is 0.404 e. The highest BCUT2D eigenvalue weighted by molar-refractivity contribution is 8.76. The molecule has 3 aliphatic heterocycles. The van der Waals surface area contributed by atoms with Gasteiger partial charge in [0.1, 0.15) is 12.6 Å². The van der Waals surface area contributed by atoms with E-state index in [0.717, 1.165) is 0 Å². The largest absolute Gasteiger partial charge is 0.480 e. The van der Waals surface area contributed by atoms with Crippen LogP contribution in [-0.2, 0) is 28.7 Å². The Bertz CT molecular complexity index is 1160. The highest BCUT2D eigenvalue weighted by atomic mass is 33.1. The van der Waals surface area contributed by atoms with Crippen LogP contribution < -0.4 is 27.4 Å².